The average molecular weight is 321 g/mol. The molecular formula is C17H23NO5. The Morgan fingerprint density at radius 2 is 1.96 bits per heavy atom. The van der Waals surface area contributed by atoms with Gasteiger partial charge in [-0.15, -0.1) is 0 Å². The van der Waals surface area contributed by atoms with Crippen molar-refractivity contribution in [1.29, 1.82) is 0 Å². The van der Waals surface area contributed by atoms with Crippen molar-refractivity contribution in [1.82, 2.24) is 5.32 Å². The first kappa shape index (κ1) is 17.1. The van der Waals surface area contributed by atoms with E-state index in [-0.39, 0.29) is 18.4 Å². The minimum Gasteiger partial charge on any atom is -0.493 e. The molecule has 0 bridgehead atoms. The fraction of sp³-hybridized carbons (Fsp3) is 0.529. The van der Waals surface area contributed by atoms with Crippen molar-refractivity contribution in [3.8, 4) is 11.5 Å². The lowest BCUT2D eigenvalue weighted by atomic mass is 9.66. The number of rotatable bonds is 8. The van der Waals surface area contributed by atoms with Gasteiger partial charge >= 0.3 is 5.97 Å². The lowest BCUT2D eigenvalue weighted by Gasteiger charge is -2.37. The van der Waals surface area contributed by atoms with E-state index in [0.29, 0.717) is 30.9 Å². The molecule has 0 aliphatic heterocycles. The van der Waals surface area contributed by atoms with E-state index in [0.717, 1.165) is 6.42 Å². The number of carboxylic acid groups (broad SMARTS) is 1. The van der Waals surface area contributed by atoms with Crippen LogP contribution < -0.4 is 14.8 Å². The van der Waals surface area contributed by atoms with Gasteiger partial charge < -0.3 is 19.9 Å². The van der Waals surface area contributed by atoms with Crippen LogP contribution in [0.2, 0.25) is 0 Å². The Morgan fingerprint density at radius 3 is 2.48 bits per heavy atom. The Labute approximate surface area is 135 Å². The van der Waals surface area contributed by atoms with Crippen molar-refractivity contribution < 1.29 is 24.2 Å². The van der Waals surface area contributed by atoms with Gasteiger partial charge in [0.15, 0.2) is 11.5 Å². The quantitative estimate of drug-likeness (QED) is 0.767. The van der Waals surface area contributed by atoms with Gasteiger partial charge in [0.05, 0.1) is 19.1 Å². The Kier molecular flexibility index (Phi) is 5.47. The standard InChI is InChI=1S/C17H23NO5/c1-12(23-14-7-4-3-6-13(14)22-2)11-18-15(19)10-17(16(20)21)8-5-9-17/h3-4,6-7,12H,5,8-11H2,1-2H3,(H,18,19)(H,20,21). The third-order valence-corrected chi connectivity index (χ3v) is 4.25. The lowest BCUT2D eigenvalue weighted by Crippen LogP contribution is -2.44. The second-order valence-electron chi connectivity index (χ2n) is 6.00. The van der Waals surface area contributed by atoms with E-state index in [9.17, 15) is 14.7 Å². The van der Waals surface area contributed by atoms with Crippen LogP contribution >= 0.6 is 0 Å². The molecular weight excluding hydrogens is 298 g/mol. The number of hydrogen-bond donors (Lipinski definition) is 2. The maximum atomic E-state index is 12.0. The minimum atomic E-state index is -0.878. The van der Waals surface area contributed by atoms with Crippen LogP contribution in [0.1, 0.15) is 32.6 Å². The number of amides is 1. The summed E-state index contributed by atoms with van der Waals surface area (Å²) in [6.45, 7) is 2.15. The van der Waals surface area contributed by atoms with E-state index in [1.54, 1.807) is 19.2 Å². The van der Waals surface area contributed by atoms with Gasteiger partial charge in [-0.2, -0.15) is 0 Å². The van der Waals surface area contributed by atoms with Crippen LogP contribution in [0, 0.1) is 5.41 Å². The molecule has 1 aliphatic rings. The van der Waals surface area contributed by atoms with Gasteiger partial charge in [0.25, 0.3) is 0 Å². The van der Waals surface area contributed by atoms with Crippen LogP contribution in [0.4, 0.5) is 0 Å². The lowest BCUT2D eigenvalue weighted by molar-refractivity contribution is -0.157. The SMILES string of the molecule is COc1ccccc1OC(C)CNC(=O)CC1(C(=O)O)CCC1. The van der Waals surface area contributed by atoms with Crippen LogP contribution in [0.5, 0.6) is 11.5 Å². The smallest absolute Gasteiger partial charge is 0.310 e. The summed E-state index contributed by atoms with van der Waals surface area (Å²) in [5.74, 6) is 0.113. The minimum absolute atomic E-state index is 0.0315. The molecule has 1 aromatic carbocycles. The normalized spacial score (nSPS) is 16.8. The van der Waals surface area contributed by atoms with Crippen LogP contribution in [0.3, 0.4) is 0 Å². The summed E-state index contributed by atoms with van der Waals surface area (Å²) in [7, 11) is 1.57. The molecule has 0 spiro atoms. The zero-order valence-electron chi connectivity index (χ0n) is 13.5. The first-order valence-electron chi connectivity index (χ1n) is 7.76. The largest absolute Gasteiger partial charge is 0.493 e. The molecule has 1 aliphatic carbocycles. The van der Waals surface area contributed by atoms with Gasteiger partial charge in [-0.3, -0.25) is 9.59 Å². The zero-order valence-corrected chi connectivity index (χ0v) is 13.5. The van der Waals surface area contributed by atoms with Crippen molar-refractivity contribution in [2.75, 3.05) is 13.7 Å². The van der Waals surface area contributed by atoms with Gasteiger partial charge in [-0.1, -0.05) is 18.6 Å². The van der Waals surface area contributed by atoms with Crippen molar-refractivity contribution in [2.24, 2.45) is 5.41 Å². The number of carboxylic acids is 1. The molecule has 23 heavy (non-hydrogen) atoms. The summed E-state index contributed by atoms with van der Waals surface area (Å²) in [4.78, 5) is 23.3. The van der Waals surface area contributed by atoms with Gasteiger partial charge in [0, 0.05) is 6.42 Å². The topological polar surface area (TPSA) is 84.9 Å². The maximum Gasteiger partial charge on any atom is 0.310 e. The Bertz CT molecular complexity index is 568. The van der Waals surface area contributed by atoms with E-state index >= 15 is 0 Å². The molecule has 1 fully saturated rings. The molecule has 2 N–H and O–H groups in total. The first-order chi connectivity index (χ1) is 11.0. The number of nitrogens with one attached hydrogen (secondary N) is 1. The van der Waals surface area contributed by atoms with Crippen LogP contribution in [0.25, 0.3) is 0 Å². The molecule has 0 aromatic heterocycles. The van der Waals surface area contributed by atoms with Crippen molar-refractivity contribution in [3.63, 3.8) is 0 Å². The monoisotopic (exact) mass is 321 g/mol. The molecule has 6 heteroatoms. The summed E-state index contributed by atoms with van der Waals surface area (Å²) in [5, 5.41) is 12.0. The Balaban J connectivity index is 1.81. The molecule has 1 amide bonds. The molecule has 1 unspecified atom stereocenters. The molecule has 0 heterocycles. The summed E-state index contributed by atoms with van der Waals surface area (Å²) in [5.41, 5.74) is -0.864. The molecule has 126 valence electrons. The van der Waals surface area contributed by atoms with E-state index in [4.69, 9.17) is 9.47 Å². The maximum absolute atomic E-state index is 12.0. The van der Waals surface area contributed by atoms with E-state index in [1.807, 2.05) is 19.1 Å². The summed E-state index contributed by atoms with van der Waals surface area (Å²) < 4.78 is 11.0. The Hall–Kier alpha value is -2.24. The summed E-state index contributed by atoms with van der Waals surface area (Å²) in [6, 6.07) is 7.29. The van der Waals surface area contributed by atoms with Gasteiger partial charge in [-0.05, 0) is 31.9 Å². The fourth-order valence-corrected chi connectivity index (χ4v) is 2.67. The van der Waals surface area contributed by atoms with Gasteiger partial charge in [0.2, 0.25) is 5.91 Å². The van der Waals surface area contributed by atoms with Crippen molar-refractivity contribution >= 4 is 11.9 Å². The summed E-state index contributed by atoms with van der Waals surface area (Å²) >= 11 is 0. The zero-order chi connectivity index (χ0) is 16.9. The van der Waals surface area contributed by atoms with Crippen LogP contribution in [-0.4, -0.2) is 36.7 Å². The number of carbonyl (C=O) groups excluding carboxylic acids is 1. The van der Waals surface area contributed by atoms with Crippen molar-refractivity contribution in [3.05, 3.63) is 24.3 Å². The number of ether oxygens (including phenoxy) is 2. The van der Waals surface area contributed by atoms with E-state index < -0.39 is 11.4 Å². The third-order valence-electron chi connectivity index (χ3n) is 4.25. The van der Waals surface area contributed by atoms with Crippen LogP contribution in [0.15, 0.2) is 24.3 Å². The third kappa shape index (κ3) is 4.15. The number of hydrogen-bond acceptors (Lipinski definition) is 4. The second kappa shape index (κ2) is 7.35. The highest BCUT2D eigenvalue weighted by Gasteiger charge is 2.45. The molecule has 0 saturated heterocycles. The van der Waals surface area contributed by atoms with Crippen LogP contribution in [-0.2, 0) is 9.59 Å². The number of methoxy groups -OCH3 is 1. The number of carbonyl (C=O) groups is 2. The highest BCUT2D eigenvalue weighted by atomic mass is 16.5. The van der Waals surface area contributed by atoms with Gasteiger partial charge in [-0.25, -0.2) is 0 Å². The predicted octanol–water partition coefficient (Wildman–Crippen LogP) is 2.22. The number of aliphatic carboxylic acids is 1. The highest BCUT2D eigenvalue weighted by Crippen LogP contribution is 2.44. The second-order valence-corrected chi connectivity index (χ2v) is 6.00. The first-order valence-corrected chi connectivity index (χ1v) is 7.76. The fourth-order valence-electron chi connectivity index (χ4n) is 2.67. The van der Waals surface area contributed by atoms with Gasteiger partial charge in [0.1, 0.15) is 6.10 Å². The molecule has 2 rings (SSSR count). The molecule has 1 aromatic rings. The van der Waals surface area contributed by atoms with E-state index in [1.165, 1.54) is 0 Å². The number of para-hydroxylation sites is 2. The molecule has 1 saturated carbocycles. The Morgan fingerprint density at radius 1 is 1.30 bits per heavy atom. The summed E-state index contributed by atoms with van der Waals surface area (Å²) in [6.07, 6.45) is 1.79. The van der Waals surface area contributed by atoms with E-state index in [2.05, 4.69) is 5.32 Å². The predicted molar refractivity (Wildman–Crippen MR) is 84.6 cm³/mol. The molecule has 0 radical (unpaired) electrons. The molecule has 6 nitrogen and oxygen atoms in total. The highest BCUT2D eigenvalue weighted by molar-refractivity contribution is 5.85. The average Bonchev–Trinajstić information content (AvgIpc) is 2.49. The molecule has 1 atom stereocenters. The van der Waals surface area contributed by atoms with Crippen molar-refractivity contribution in [2.45, 2.75) is 38.7 Å². The number of benzene rings is 1.